The minimum absolute atomic E-state index is 0.269. The first-order chi connectivity index (χ1) is 37.0. The lowest BCUT2D eigenvalue weighted by Crippen LogP contribution is -2.19. The number of anilines is 6. The van der Waals surface area contributed by atoms with Gasteiger partial charge in [-0.05, 0) is 193 Å². The SMILES string of the molecule is Cc1cc(N(c2cccc(-c3ccccc3)c2)c2cccc(-c3ccccc3)c2)cc2c1-c1cc3c(c(C)c1C2(C)C)-c1ccc(N(c2cccc(-c4ccccc4)c2)c2cccc(-c4ccccc4)c2)cc1C3(C)C. The molecule has 76 heavy (non-hydrogen) atoms. The molecule has 0 heterocycles. The van der Waals surface area contributed by atoms with Crippen molar-refractivity contribution >= 4 is 34.1 Å². The highest BCUT2D eigenvalue weighted by Gasteiger charge is 2.44. The second-order valence-corrected chi connectivity index (χ2v) is 21.8. The molecule has 2 nitrogen and oxygen atoms in total. The fraction of sp³-hybridized carbons (Fsp3) is 0.108. The highest BCUT2D eigenvalue weighted by molar-refractivity contribution is 5.96. The van der Waals surface area contributed by atoms with E-state index in [0.29, 0.717) is 0 Å². The molecule has 0 amide bonds. The van der Waals surface area contributed by atoms with Crippen LogP contribution in [0.15, 0.2) is 255 Å². The minimum atomic E-state index is -0.273. The van der Waals surface area contributed by atoms with Gasteiger partial charge in [0.2, 0.25) is 0 Å². The molecule has 0 saturated carbocycles. The van der Waals surface area contributed by atoms with Gasteiger partial charge in [0, 0.05) is 45.0 Å². The molecule has 366 valence electrons. The van der Waals surface area contributed by atoms with Gasteiger partial charge in [0.15, 0.2) is 0 Å². The Bertz CT molecular complexity index is 3830. The zero-order valence-corrected chi connectivity index (χ0v) is 44.1. The summed E-state index contributed by atoms with van der Waals surface area (Å²) in [6, 6.07) is 93.7. The number of aryl methyl sites for hydroxylation is 1. The first-order valence-corrected chi connectivity index (χ1v) is 26.7. The van der Waals surface area contributed by atoms with E-state index < -0.39 is 0 Å². The molecule has 13 rings (SSSR count). The summed E-state index contributed by atoms with van der Waals surface area (Å²) in [7, 11) is 0. The van der Waals surface area contributed by atoms with Crippen LogP contribution >= 0.6 is 0 Å². The summed E-state index contributed by atoms with van der Waals surface area (Å²) in [5.74, 6) is 0. The molecule has 0 N–H and O–H groups in total. The van der Waals surface area contributed by atoms with E-state index >= 15 is 0 Å². The summed E-state index contributed by atoms with van der Waals surface area (Å²) >= 11 is 0. The third-order valence-corrected chi connectivity index (χ3v) is 16.4. The third-order valence-electron chi connectivity index (χ3n) is 16.4. The third kappa shape index (κ3) is 7.87. The Morgan fingerprint density at radius 2 is 0.618 bits per heavy atom. The van der Waals surface area contributed by atoms with Gasteiger partial charge in [0.25, 0.3) is 0 Å². The molecule has 0 aromatic heterocycles. The molecule has 0 saturated heterocycles. The molecule has 11 aromatic rings. The summed E-state index contributed by atoms with van der Waals surface area (Å²) in [5.41, 5.74) is 29.4. The average molecular weight is 977 g/mol. The summed E-state index contributed by atoms with van der Waals surface area (Å²) in [4.78, 5) is 4.92. The Morgan fingerprint density at radius 1 is 0.263 bits per heavy atom. The van der Waals surface area contributed by atoms with Crippen molar-refractivity contribution in [1.82, 2.24) is 0 Å². The number of fused-ring (bicyclic) bond motifs is 6. The van der Waals surface area contributed by atoms with Crippen molar-refractivity contribution < 1.29 is 0 Å². The van der Waals surface area contributed by atoms with E-state index in [4.69, 9.17) is 0 Å². The number of benzene rings is 11. The Labute approximate surface area is 448 Å². The van der Waals surface area contributed by atoms with E-state index in [0.717, 1.165) is 34.1 Å². The molecular weight excluding hydrogens is 917 g/mol. The number of nitrogens with zero attached hydrogens (tertiary/aromatic N) is 2. The molecule has 0 aliphatic heterocycles. The van der Waals surface area contributed by atoms with E-state index in [2.05, 4.69) is 306 Å². The van der Waals surface area contributed by atoms with Crippen LogP contribution in [0.4, 0.5) is 34.1 Å². The lowest BCUT2D eigenvalue weighted by atomic mass is 9.76. The second kappa shape index (κ2) is 18.4. The summed E-state index contributed by atoms with van der Waals surface area (Å²) in [5, 5.41) is 0. The molecule has 0 atom stereocenters. The smallest absolute Gasteiger partial charge is 0.0467 e. The molecule has 2 aliphatic rings. The van der Waals surface area contributed by atoms with Crippen LogP contribution in [0.25, 0.3) is 66.8 Å². The fourth-order valence-electron chi connectivity index (χ4n) is 12.8. The van der Waals surface area contributed by atoms with Crippen molar-refractivity contribution in [3.8, 4) is 66.8 Å². The first-order valence-electron chi connectivity index (χ1n) is 26.7. The zero-order chi connectivity index (χ0) is 51.7. The van der Waals surface area contributed by atoms with E-state index in [1.165, 1.54) is 100 Å². The second-order valence-electron chi connectivity index (χ2n) is 21.8. The van der Waals surface area contributed by atoms with Crippen LogP contribution in [0.5, 0.6) is 0 Å². The van der Waals surface area contributed by atoms with Crippen LogP contribution in [-0.2, 0) is 10.8 Å². The molecule has 0 spiro atoms. The maximum atomic E-state index is 2.58. The van der Waals surface area contributed by atoms with Crippen LogP contribution in [0, 0.1) is 13.8 Å². The predicted molar refractivity (Wildman–Crippen MR) is 322 cm³/mol. The summed E-state index contributed by atoms with van der Waals surface area (Å²) in [6.07, 6.45) is 0. The van der Waals surface area contributed by atoms with E-state index in [-0.39, 0.29) is 10.8 Å². The van der Waals surface area contributed by atoms with E-state index in [1.54, 1.807) is 0 Å². The fourth-order valence-corrected chi connectivity index (χ4v) is 12.8. The number of rotatable bonds is 10. The molecular formula is C74H60N2. The first kappa shape index (κ1) is 46.8. The van der Waals surface area contributed by atoms with Gasteiger partial charge in [-0.15, -0.1) is 0 Å². The van der Waals surface area contributed by atoms with Gasteiger partial charge < -0.3 is 9.80 Å². The lowest BCUT2D eigenvalue weighted by Gasteiger charge is -2.30. The molecule has 0 bridgehead atoms. The van der Waals surface area contributed by atoms with Crippen molar-refractivity contribution in [3.05, 3.63) is 288 Å². The summed E-state index contributed by atoms with van der Waals surface area (Å²) < 4.78 is 0. The summed E-state index contributed by atoms with van der Waals surface area (Å²) in [6.45, 7) is 14.5. The number of hydrogen-bond donors (Lipinski definition) is 0. The van der Waals surface area contributed by atoms with Crippen LogP contribution in [0.2, 0.25) is 0 Å². The standard InChI is InChI=1S/C74H60N2/c1-49-41-64(76(61-37-21-33-57(44-61)53-27-15-9-16-28-53)62-38-22-34-58(45-62)54-29-17-10-18-30-54)47-68-70(49)66-48-69-71(50(2)72(66)74(68,5)6)65-40-39-63(46-67(65)73(69,3)4)75(59-35-19-31-55(42-59)51-23-11-7-12-24-51)60-36-20-32-56(43-60)52-25-13-8-14-26-52/h7-48H,1-6H3. The zero-order valence-electron chi connectivity index (χ0n) is 44.1. The van der Waals surface area contributed by atoms with Crippen molar-refractivity contribution in [1.29, 1.82) is 0 Å². The van der Waals surface area contributed by atoms with Gasteiger partial charge in [-0.25, -0.2) is 0 Å². The monoisotopic (exact) mass is 976 g/mol. The molecule has 0 unspecified atom stereocenters. The predicted octanol–water partition coefficient (Wildman–Crippen LogP) is 20.5. The van der Waals surface area contributed by atoms with E-state index in [1.807, 2.05) is 0 Å². The maximum absolute atomic E-state index is 2.58. The largest absolute Gasteiger partial charge is 0.310 e. The topological polar surface area (TPSA) is 6.48 Å². The Kier molecular flexibility index (Phi) is 11.4. The van der Waals surface area contributed by atoms with Crippen LogP contribution in [0.3, 0.4) is 0 Å². The maximum Gasteiger partial charge on any atom is 0.0467 e. The van der Waals surface area contributed by atoms with Crippen molar-refractivity contribution in [2.24, 2.45) is 0 Å². The minimum Gasteiger partial charge on any atom is -0.310 e. The molecule has 0 fully saturated rings. The van der Waals surface area contributed by atoms with Crippen LogP contribution in [0.1, 0.15) is 61.1 Å². The van der Waals surface area contributed by atoms with Crippen molar-refractivity contribution in [2.75, 3.05) is 9.80 Å². The van der Waals surface area contributed by atoms with Gasteiger partial charge in [0.1, 0.15) is 0 Å². The molecule has 11 aromatic carbocycles. The molecule has 0 radical (unpaired) electrons. The normalized spacial score (nSPS) is 13.3. The van der Waals surface area contributed by atoms with Crippen molar-refractivity contribution in [3.63, 3.8) is 0 Å². The van der Waals surface area contributed by atoms with Gasteiger partial charge in [-0.1, -0.05) is 204 Å². The highest BCUT2D eigenvalue weighted by Crippen LogP contribution is 2.60. The van der Waals surface area contributed by atoms with Gasteiger partial charge >= 0.3 is 0 Å². The van der Waals surface area contributed by atoms with Crippen molar-refractivity contribution in [2.45, 2.75) is 52.4 Å². The number of hydrogen-bond acceptors (Lipinski definition) is 2. The quantitative estimate of drug-likeness (QED) is 0.135. The molecule has 2 aliphatic carbocycles. The lowest BCUT2D eigenvalue weighted by molar-refractivity contribution is 0.648. The van der Waals surface area contributed by atoms with Gasteiger partial charge in [-0.2, -0.15) is 0 Å². The Balaban J connectivity index is 0.931. The van der Waals surface area contributed by atoms with Crippen LogP contribution < -0.4 is 9.80 Å². The van der Waals surface area contributed by atoms with Gasteiger partial charge in [-0.3, -0.25) is 0 Å². The van der Waals surface area contributed by atoms with Gasteiger partial charge in [0.05, 0.1) is 0 Å². The Hall–Kier alpha value is -8.98. The average Bonchev–Trinajstić information content (AvgIpc) is 4.10. The Morgan fingerprint density at radius 3 is 1.04 bits per heavy atom. The van der Waals surface area contributed by atoms with Crippen LogP contribution in [-0.4, -0.2) is 0 Å². The molecule has 2 heteroatoms. The van der Waals surface area contributed by atoms with E-state index in [9.17, 15) is 0 Å². The highest BCUT2D eigenvalue weighted by atomic mass is 15.1.